The highest BCUT2D eigenvalue weighted by atomic mass is 16.3. The van der Waals surface area contributed by atoms with E-state index in [4.69, 9.17) is 5.73 Å². The Bertz CT molecular complexity index is 1100. The van der Waals surface area contributed by atoms with E-state index in [2.05, 4.69) is 10.6 Å². The van der Waals surface area contributed by atoms with Crippen LogP contribution in [0.1, 0.15) is 33.1 Å². The summed E-state index contributed by atoms with van der Waals surface area (Å²) in [4.78, 5) is 37.7. The molecule has 0 spiro atoms. The Kier molecular flexibility index (Phi) is 7.94. The Hall–Kier alpha value is -3.97. The summed E-state index contributed by atoms with van der Waals surface area (Å²) in [6.45, 7) is 1.92. The summed E-state index contributed by atoms with van der Waals surface area (Å²) >= 11 is 0. The summed E-state index contributed by atoms with van der Waals surface area (Å²) in [6, 6.07) is 22.6. The second-order valence-electron chi connectivity index (χ2n) is 7.83. The van der Waals surface area contributed by atoms with Crippen molar-refractivity contribution in [3.05, 3.63) is 107 Å². The molecule has 0 radical (unpaired) electrons. The summed E-state index contributed by atoms with van der Waals surface area (Å²) in [7, 11) is 0. The average molecular weight is 446 g/mol. The maximum atomic E-state index is 12.9. The predicted octanol–water partition coefficient (Wildman–Crippen LogP) is 2.04. The van der Waals surface area contributed by atoms with Gasteiger partial charge in [-0.05, 0) is 30.2 Å². The number of nitrogens with two attached hydrogens (primary N) is 1. The fourth-order valence-electron chi connectivity index (χ4n) is 3.53. The van der Waals surface area contributed by atoms with Crippen LogP contribution in [0.2, 0.25) is 0 Å². The molecule has 3 atom stereocenters. The molecule has 3 rings (SSSR count). The molecule has 7 nitrogen and oxygen atoms in total. The normalized spacial score (nSPS) is 13.4. The van der Waals surface area contributed by atoms with Crippen LogP contribution in [0.5, 0.6) is 0 Å². The minimum absolute atomic E-state index is 0.182. The fourth-order valence-corrected chi connectivity index (χ4v) is 3.53. The number of rotatable bonds is 9. The van der Waals surface area contributed by atoms with E-state index in [1.54, 1.807) is 60.7 Å². The van der Waals surface area contributed by atoms with Crippen LogP contribution in [0.25, 0.3) is 0 Å². The van der Waals surface area contributed by atoms with Crippen molar-refractivity contribution in [3.8, 4) is 0 Å². The molecule has 3 amide bonds. The Balaban J connectivity index is 1.79. The number of benzene rings is 3. The summed E-state index contributed by atoms with van der Waals surface area (Å²) in [5, 5.41) is 16.1. The second kappa shape index (κ2) is 11.1. The molecular weight excluding hydrogens is 418 g/mol. The lowest BCUT2D eigenvalue weighted by atomic mass is 9.98. The van der Waals surface area contributed by atoms with E-state index < -0.39 is 35.9 Å². The van der Waals surface area contributed by atoms with Gasteiger partial charge < -0.3 is 21.5 Å². The van der Waals surface area contributed by atoms with Crippen molar-refractivity contribution < 1.29 is 19.5 Å². The third kappa shape index (κ3) is 6.51. The number of aryl methyl sites for hydroxylation is 1. The van der Waals surface area contributed by atoms with Crippen molar-refractivity contribution in [2.24, 2.45) is 5.73 Å². The Morgan fingerprint density at radius 2 is 1.52 bits per heavy atom. The van der Waals surface area contributed by atoms with Crippen LogP contribution in [-0.2, 0) is 16.0 Å². The first-order valence-corrected chi connectivity index (χ1v) is 10.6. The van der Waals surface area contributed by atoms with E-state index >= 15 is 0 Å². The summed E-state index contributed by atoms with van der Waals surface area (Å²) < 4.78 is 0. The van der Waals surface area contributed by atoms with E-state index in [9.17, 15) is 19.5 Å². The van der Waals surface area contributed by atoms with Gasteiger partial charge in [-0.2, -0.15) is 0 Å². The van der Waals surface area contributed by atoms with Crippen molar-refractivity contribution in [2.75, 3.05) is 0 Å². The summed E-state index contributed by atoms with van der Waals surface area (Å²) in [5.74, 6) is -1.97. The molecule has 0 saturated heterocycles. The Morgan fingerprint density at radius 3 is 2.12 bits per heavy atom. The van der Waals surface area contributed by atoms with Crippen LogP contribution >= 0.6 is 0 Å². The lowest BCUT2D eigenvalue weighted by Gasteiger charge is -2.26. The van der Waals surface area contributed by atoms with Gasteiger partial charge in [-0.25, -0.2) is 0 Å². The van der Waals surface area contributed by atoms with Crippen molar-refractivity contribution in [3.63, 3.8) is 0 Å². The predicted molar refractivity (Wildman–Crippen MR) is 125 cm³/mol. The van der Waals surface area contributed by atoms with Crippen molar-refractivity contribution in [1.82, 2.24) is 10.6 Å². The molecule has 0 aromatic heterocycles. The third-order valence-corrected chi connectivity index (χ3v) is 5.25. The summed E-state index contributed by atoms with van der Waals surface area (Å²) in [6.07, 6.45) is -1.47. The van der Waals surface area contributed by atoms with Gasteiger partial charge >= 0.3 is 0 Å². The van der Waals surface area contributed by atoms with Gasteiger partial charge in [0.2, 0.25) is 5.91 Å². The van der Waals surface area contributed by atoms with Gasteiger partial charge in [0.15, 0.2) is 6.10 Å². The third-order valence-electron chi connectivity index (χ3n) is 5.25. The van der Waals surface area contributed by atoms with E-state index in [1.807, 2.05) is 31.2 Å². The number of aliphatic hydroxyl groups excluding tert-OH is 1. The van der Waals surface area contributed by atoms with Crippen LogP contribution in [0.3, 0.4) is 0 Å². The number of primary amides is 1. The quantitative estimate of drug-likeness (QED) is 0.403. The average Bonchev–Trinajstić information content (AvgIpc) is 2.82. The van der Waals surface area contributed by atoms with Gasteiger partial charge in [0, 0.05) is 12.0 Å². The van der Waals surface area contributed by atoms with E-state index in [0.717, 1.165) is 11.1 Å². The van der Waals surface area contributed by atoms with Gasteiger partial charge in [0.25, 0.3) is 11.8 Å². The van der Waals surface area contributed by atoms with Gasteiger partial charge in [-0.15, -0.1) is 0 Å². The number of carbonyl (C=O) groups excluding carboxylic acids is 3. The topological polar surface area (TPSA) is 122 Å². The first-order chi connectivity index (χ1) is 15.8. The van der Waals surface area contributed by atoms with E-state index in [-0.39, 0.29) is 6.42 Å². The molecule has 7 heteroatoms. The first-order valence-electron chi connectivity index (χ1n) is 10.6. The highest BCUT2D eigenvalue weighted by molar-refractivity contribution is 5.95. The maximum Gasteiger partial charge on any atom is 0.252 e. The molecule has 0 aliphatic carbocycles. The molecular formula is C26H27N3O4. The second-order valence-corrected chi connectivity index (χ2v) is 7.83. The number of hydrogen-bond acceptors (Lipinski definition) is 4. The number of aliphatic hydroxyl groups is 1. The smallest absolute Gasteiger partial charge is 0.252 e. The number of hydrogen-bond donors (Lipinski definition) is 4. The molecule has 0 bridgehead atoms. The number of carbonyl (C=O) groups is 3. The zero-order chi connectivity index (χ0) is 23.8. The Morgan fingerprint density at radius 1 is 0.879 bits per heavy atom. The van der Waals surface area contributed by atoms with Gasteiger partial charge in [-0.3, -0.25) is 14.4 Å². The monoisotopic (exact) mass is 445 g/mol. The molecule has 0 fully saturated rings. The van der Waals surface area contributed by atoms with Crippen LogP contribution in [0, 0.1) is 6.92 Å². The zero-order valence-electron chi connectivity index (χ0n) is 18.3. The molecule has 0 aliphatic rings. The minimum Gasteiger partial charge on any atom is -0.381 e. The fraction of sp³-hybridized carbons (Fsp3) is 0.192. The molecule has 0 saturated carbocycles. The molecule has 5 N–H and O–H groups in total. The first kappa shape index (κ1) is 23.7. The molecule has 0 aliphatic heterocycles. The van der Waals surface area contributed by atoms with E-state index in [1.165, 1.54) is 0 Å². The van der Waals surface area contributed by atoms with Crippen molar-refractivity contribution >= 4 is 17.7 Å². The number of amides is 3. The standard InChI is InChI=1S/C26H27N3O4/c1-17-9-8-10-18(15-17)16-21(24(27)31)28-26(33)23(30)22(19-11-4-2-5-12-19)29-25(32)20-13-6-3-7-14-20/h2-15,21-23,30H,16H2,1H3,(H2,27,31)(H,28,33)(H,29,32)/t21-,22+,23-/m1/s1. The molecule has 3 aromatic carbocycles. The van der Waals surface area contributed by atoms with Crippen molar-refractivity contribution in [1.29, 1.82) is 0 Å². The molecule has 3 aromatic rings. The number of nitrogens with one attached hydrogen (secondary N) is 2. The van der Waals surface area contributed by atoms with Gasteiger partial charge in [0.1, 0.15) is 6.04 Å². The highest BCUT2D eigenvalue weighted by Gasteiger charge is 2.31. The minimum atomic E-state index is -1.65. The molecule has 0 heterocycles. The largest absolute Gasteiger partial charge is 0.381 e. The van der Waals surface area contributed by atoms with E-state index in [0.29, 0.717) is 11.1 Å². The molecule has 33 heavy (non-hydrogen) atoms. The van der Waals surface area contributed by atoms with Crippen LogP contribution < -0.4 is 16.4 Å². The lowest BCUT2D eigenvalue weighted by Crippen LogP contribution is -2.52. The Labute approximate surface area is 192 Å². The maximum absolute atomic E-state index is 12.9. The van der Waals surface area contributed by atoms with Gasteiger partial charge in [0.05, 0.1) is 6.04 Å². The van der Waals surface area contributed by atoms with Crippen molar-refractivity contribution in [2.45, 2.75) is 31.5 Å². The zero-order valence-corrected chi connectivity index (χ0v) is 18.3. The summed E-state index contributed by atoms with van der Waals surface area (Å²) in [5.41, 5.74) is 8.27. The molecule has 170 valence electrons. The molecule has 0 unspecified atom stereocenters. The van der Waals surface area contributed by atoms with Crippen LogP contribution in [-0.4, -0.2) is 35.0 Å². The highest BCUT2D eigenvalue weighted by Crippen LogP contribution is 2.19. The lowest BCUT2D eigenvalue weighted by molar-refractivity contribution is -0.134. The SMILES string of the molecule is Cc1cccc(C[C@@H](NC(=O)[C@H](O)[C@@H](NC(=O)c2ccccc2)c2ccccc2)C(N)=O)c1. The van der Waals surface area contributed by atoms with Crippen LogP contribution in [0.15, 0.2) is 84.9 Å². The van der Waals surface area contributed by atoms with Gasteiger partial charge in [-0.1, -0.05) is 78.4 Å². The van der Waals surface area contributed by atoms with Crippen LogP contribution in [0.4, 0.5) is 0 Å².